The van der Waals surface area contributed by atoms with Crippen LogP contribution in [0.3, 0.4) is 0 Å². The van der Waals surface area contributed by atoms with Crippen LogP contribution in [0.15, 0.2) is 0 Å². The summed E-state index contributed by atoms with van der Waals surface area (Å²) in [5.41, 5.74) is 5.60. The van der Waals surface area contributed by atoms with E-state index in [1.54, 1.807) is 0 Å². The van der Waals surface area contributed by atoms with Crippen LogP contribution in [0.25, 0.3) is 0 Å². The highest BCUT2D eigenvalue weighted by Crippen LogP contribution is 2.33. The van der Waals surface area contributed by atoms with E-state index in [0.717, 1.165) is 6.42 Å². The van der Waals surface area contributed by atoms with E-state index >= 15 is 0 Å². The molecule has 3 nitrogen and oxygen atoms in total. The smallest absolute Gasteiger partial charge is 0.320 e. The van der Waals surface area contributed by atoms with Crippen molar-refractivity contribution in [3.8, 4) is 0 Å². The Bertz CT molecular complexity index is 205. The largest absolute Gasteiger partial charge is 0.480 e. The summed E-state index contributed by atoms with van der Waals surface area (Å²) < 4.78 is 0. The van der Waals surface area contributed by atoms with Crippen molar-refractivity contribution in [3.05, 3.63) is 0 Å². The molecule has 1 saturated carbocycles. The maximum Gasteiger partial charge on any atom is 0.320 e. The third-order valence-corrected chi connectivity index (χ3v) is 3.71. The monoisotopic (exact) mass is 249 g/mol. The third-order valence-electron chi connectivity index (χ3n) is 3.71. The van der Waals surface area contributed by atoms with E-state index in [-0.39, 0.29) is 12.4 Å². The first-order chi connectivity index (χ1) is 7.15. The zero-order valence-electron chi connectivity index (χ0n) is 10.0. The standard InChI is InChI=1S/C12H23NO2.ClH/c1-2-9(8-11(13)12(14)15)10-6-4-3-5-7-10;/h9-11H,2-8,13H2,1H3,(H,14,15);1H. The molecule has 1 fully saturated rings. The van der Waals surface area contributed by atoms with Crippen molar-refractivity contribution in [1.82, 2.24) is 0 Å². The molecule has 0 amide bonds. The zero-order valence-corrected chi connectivity index (χ0v) is 10.8. The summed E-state index contributed by atoms with van der Waals surface area (Å²) in [4.78, 5) is 10.7. The number of halogens is 1. The molecule has 0 saturated heterocycles. The first-order valence-electron chi connectivity index (χ1n) is 6.13. The summed E-state index contributed by atoms with van der Waals surface area (Å²) in [5.74, 6) is 0.370. The Balaban J connectivity index is 0.00000225. The number of aliphatic carboxylic acids is 1. The fourth-order valence-corrected chi connectivity index (χ4v) is 2.73. The molecule has 0 aromatic carbocycles. The fraction of sp³-hybridized carbons (Fsp3) is 0.917. The Morgan fingerprint density at radius 3 is 2.38 bits per heavy atom. The van der Waals surface area contributed by atoms with Gasteiger partial charge in [0.2, 0.25) is 0 Å². The summed E-state index contributed by atoms with van der Waals surface area (Å²) >= 11 is 0. The second-order valence-electron chi connectivity index (χ2n) is 4.75. The van der Waals surface area contributed by atoms with Crippen molar-refractivity contribution in [2.45, 2.75) is 57.9 Å². The van der Waals surface area contributed by atoms with E-state index in [1.807, 2.05) is 0 Å². The Morgan fingerprint density at radius 2 is 1.94 bits per heavy atom. The molecule has 96 valence electrons. The lowest BCUT2D eigenvalue weighted by Gasteiger charge is -2.30. The van der Waals surface area contributed by atoms with Crippen LogP contribution in [0.4, 0.5) is 0 Å². The number of rotatable bonds is 5. The van der Waals surface area contributed by atoms with Gasteiger partial charge >= 0.3 is 5.97 Å². The summed E-state index contributed by atoms with van der Waals surface area (Å²) in [5, 5.41) is 8.80. The van der Waals surface area contributed by atoms with Gasteiger partial charge in [-0.3, -0.25) is 4.79 Å². The zero-order chi connectivity index (χ0) is 11.3. The van der Waals surface area contributed by atoms with Gasteiger partial charge in [-0.25, -0.2) is 0 Å². The normalized spacial score (nSPS) is 20.9. The topological polar surface area (TPSA) is 63.3 Å². The van der Waals surface area contributed by atoms with Gasteiger partial charge in [0.15, 0.2) is 0 Å². The second kappa shape index (κ2) is 7.91. The van der Waals surface area contributed by atoms with Crippen molar-refractivity contribution < 1.29 is 9.90 Å². The third kappa shape index (κ3) is 4.71. The highest BCUT2D eigenvalue weighted by atomic mass is 35.5. The SMILES string of the molecule is CCC(CC(N)C(=O)O)C1CCCCC1.Cl. The number of carbonyl (C=O) groups is 1. The summed E-state index contributed by atoms with van der Waals surface area (Å²) in [6.07, 6.45) is 8.21. The van der Waals surface area contributed by atoms with E-state index < -0.39 is 12.0 Å². The van der Waals surface area contributed by atoms with E-state index in [9.17, 15) is 4.79 Å². The van der Waals surface area contributed by atoms with E-state index in [1.165, 1.54) is 32.1 Å². The average Bonchev–Trinajstić information content (AvgIpc) is 2.26. The second-order valence-corrected chi connectivity index (χ2v) is 4.75. The van der Waals surface area contributed by atoms with Gasteiger partial charge in [0, 0.05) is 0 Å². The van der Waals surface area contributed by atoms with E-state index in [0.29, 0.717) is 18.3 Å². The molecular weight excluding hydrogens is 226 g/mol. The van der Waals surface area contributed by atoms with Crippen LogP contribution in [0, 0.1) is 11.8 Å². The van der Waals surface area contributed by atoms with E-state index in [4.69, 9.17) is 10.8 Å². The molecule has 16 heavy (non-hydrogen) atoms. The molecule has 0 aromatic heterocycles. The predicted molar refractivity (Wildman–Crippen MR) is 67.8 cm³/mol. The Hall–Kier alpha value is -0.280. The van der Waals surface area contributed by atoms with E-state index in [2.05, 4.69) is 6.92 Å². The van der Waals surface area contributed by atoms with Gasteiger partial charge in [-0.15, -0.1) is 12.4 Å². The van der Waals surface area contributed by atoms with Crippen LogP contribution in [0.5, 0.6) is 0 Å². The molecule has 0 spiro atoms. The molecule has 1 rings (SSSR count). The number of carboxylic acid groups (broad SMARTS) is 1. The molecule has 0 aromatic rings. The quantitative estimate of drug-likeness (QED) is 0.788. The minimum atomic E-state index is -0.857. The first kappa shape index (κ1) is 15.7. The summed E-state index contributed by atoms with van der Waals surface area (Å²) in [7, 11) is 0. The fourth-order valence-electron chi connectivity index (χ4n) is 2.73. The molecule has 4 heteroatoms. The van der Waals surface area contributed by atoms with Crippen molar-refractivity contribution in [1.29, 1.82) is 0 Å². The molecule has 2 atom stereocenters. The molecular formula is C12H24ClNO2. The lowest BCUT2D eigenvalue weighted by Crippen LogP contribution is -2.34. The molecule has 2 unspecified atom stereocenters. The lowest BCUT2D eigenvalue weighted by atomic mass is 9.76. The minimum Gasteiger partial charge on any atom is -0.480 e. The molecule has 1 aliphatic carbocycles. The number of hydrogen-bond donors (Lipinski definition) is 2. The summed E-state index contributed by atoms with van der Waals surface area (Å²) in [6.45, 7) is 2.15. The van der Waals surface area contributed by atoms with Gasteiger partial charge < -0.3 is 10.8 Å². The lowest BCUT2D eigenvalue weighted by molar-refractivity contribution is -0.139. The highest BCUT2D eigenvalue weighted by molar-refractivity contribution is 5.85. The van der Waals surface area contributed by atoms with Crippen LogP contribution in [-0.2, 0) is 4.79 Å². The van der Waals surface area contributed by atoms with Crippen molar-refractivity contribution in [2.75, 3.05) is 0 Å². The maximum absolute atomic E-state index is 10.7. The molecule has 0 bridgehead atoms. The Kier molecular flexibility index (Phi) is 7.77. The minimum absolute atomic E-state index is 0. The van der Waals surface area contributed by atoms with Crippen LogP contribution in [-0.4, -0.2) is 17.1 Å². The van der Waals surface area contributed by atoms with Gasteiger partial charge in [0.1, 0.15) is 6.04 Å². The van der Waals surface area contributed by atoms with Gasteiger partial charge in [-0.1, -0.05) is 45.4 Å². The maximum atomic E-state index is 10.7. The van der Waals surface area contributed by atoms with Crippen LogP contribution in [0.1, 0.15) is 51.9 Å². The molecule has 0 radical (unpaired) electrons. The molecule has 0 aliphatic heterocycles. The van der Waals surface area contributed by atoms with Gasteiger partial charge in [0.05, 0.1) is 0 Å². The number of carboxylic acids is 1. The number of hydrogen-bond acceptors (Lipinski definition) is 2. The average molecular weight is 250 g/mol. The van der Waals surface area contributed by atoms with Gasteiger partial charge in [0.25, 0.3) is 0 Å². The number of nitrogens with two attached hydrogens (primary N) is 1. The predicted octanol–water partition coefficient (Wildman–Crippen LogP) is 2.82. The van der Waals surface area contributed by atoms with Gasteiger partial charge in [-0.2, -0.15) is 0 Å². The van der Waals surface area contributed by atoms with Crippen molar-refractivity contribution in [3.63, 3.8) is 0 Å². The summed E-state index contributed by atoms with van der Waals surface area (Å²) in [6, 6.07) is -0.670. The Labute approximate surface area is 104 Å². The first-order valence-corrected chi connectivity index (χ1v) is 6.13. The molecule has 0 heterocycles. The Morgan fingerprint density at radius 1 is 1.38 bits per heavy atom. The van der Waals surface area contributed by atoms with Crippen LogP contribution in [0.2, 0.25) is 0 Å². The molecule has 1 aliphatic rings. The van der Waals surface area contributed by atoms with Crippen molar-refractivity contribution >= 4 is 18.4 Å². The van der Waals surface area contributed by atoms with Crippen molar-refractivity contribution in [2.24, 2.45) is 17.6 Å². The highest BCUT2D eigenvalue weighted by Gasteiger charge is 2.25. The van der Waals surface area contributed by atoms with Gasteiger partial charge in [-0.05, 0) is 18.3 Å². The van der Waals surface area contributed by atoms with Crippen LogP contribution < -0.4 is 5.73 Å². The molecule has 3 N–H and O–H groups in total. The van der Waals surface area contributed by atoms with Crippen LogP contribution >= 0.6 is 12.4 Å².